The zero-order valence-corrected chi connectivity index (χ0v) is 19.0. The second-order valence-corrected chi connectivity index (χ2v) is 10.6. The molecule has 2 aliphatic heterocycles. The van der Waals surface area contributed by atoms with Crippen LogP contribution in [-0.4, -0.2) is 50.5 Å². The van der Waals surface area contributed by atoms with Crippen molar-refractivity contribution >= 4 is 15.9 Å². The third-order valence-corrected chi connectivity index (χ3v) is 8.03. The molecule has 30 heavy (non-hydrogen) atoms. The van der Waals surface area contributed by atoms with Crippen molar-refractivity contribution < 1.29 is 17.9 Å². The molecule has 0 saturated carbocycles. The van der Waals surface area contributed by atoms with Crippen molar-refractivity contribution in [1.82, 2.24) is 9.62 Å². The van der Waals surface area contributed by atoms with Crippen LogP contribution in [0, 0.1) is 0 Å². The fourth-order valence-electron chi connectivity index (χ4n) is 4.24. The fraction of sp³-hybridized carbons (Fsp3) is 0.696. The maximum absolute atomic E-state index is 12.8. The molecule has 168 valence electrons. The standard InChI is InChI=1S/C23H36N2O4S/c1-19(8-12-21-7-6-18-29-21)24-23(26)15-11-20-9-13-22(14-10-20)30(27,28)25-16-4-2-3-5-17-25/h9-10,13-14,19,21H,2-8,11-12,15-18H2,1H3,(H,24,26). The number of carbonyl (C=O) groups is 1. The maximum atomic E-state index is 12.8. The van der Waals surface area contributed by atoms with E-state index in [0.29, 0.717) is 36.9 Å². The van der Waals surface area contributed by atoms with Crippen molar-refractivity contribution in [2.45, 2.75) is 88.2 Å². The number of nitrogens with one attached hydrogen (secondary N) is 1. The third kappa shape index (κ3) is 6.79. The average molecular weight is 437 g/mol. The summed E-state index contributed by atoms with van der Waals surface area (Å²) in [7, 11) is -3.42. The van der Waals surface area contributed by atoms with Gasteiger partial charge in [0.15, 0.2) is 0 Å². The SMILES string of the molecule is CC(CCC1CCCO1)NC(=O)CCc1ccc(S(=O)(=O)N2CCCCCC2)cc1. The molecule has 0 aromatic heterocycles. The molecule has 2 unspecified atom stereocenters. The monoisotopic (exact) mass is 436 g/mol. The highest BCUT2D eigenvalue weighted by molar-refractivity contribution is 7.89. The third-order valence-electron chi connectivity index (χ3n) is 6.12. The van der Waals surface area contributed by atoms with Gasteiger partial charge in [0.1, 0.15) is 0 Å². The Balaban J connectivity index is 1.43. The Morgan fingerprint density at radius 2 is 1.83 bits per heavy atom. The highest BCUT2D eigenvalue weighted by Crippen LogP contribution is 2.21. The summed E-state index contributed by atoms with van der Waals surface area (Å²) in [6.45, 7) is 4.11. The van der Waals surface area contributed by atoms with E-state index in [-0.39, 0.29) is 11.9 Å². The number of nitrogens with zero attached hydrogens (tertiary/aromatic N) is 1. The summed E-state index contributed by atoms with van der Waals surface area (Å²) >= 11 is 0. The number of aryl methyl sites for hydroxylation is 1. The largest absolute Gasteiger partial charge is 0.378 e. The van der Waals surface area contributed by atoms with Crippen molar-refractivity contribution in [2.24, 2.45) is 0 Å². The molecule has 2 aliphatic rings. The summed E-state index contributed by atoms with van der Waals surface area (Å²) in [4.78, 5) is 12.6. The lowest BCUT2D eigenvalue weighted by molar-refractivity contribution is -0.121. The Hall–Kier alpha value is -1.44. The van der Waals surface area contributed by atoms with E-state index in [9.17, 15) is 13.2 Å². The van der Waals surface area contributed by atoms with E-state index in [1.807, 2.05) is 19.1 Å². The van der Waals surface area contributed by atoms with E-state index in [2.05, 4.69) is 5.32 Å². The minimum atomic E-state index is -3.42. The Morgan fingerprint density at radius 3 is 2.47 bits per heavy atom. The number of benzene rings is 1. The van der Waals surface area contributed by atoms with Gasteiger partial charge >= 0.3 is 0 Å². The van der Waals surface area contributed by atoms with Crippen LogP contribution in [0.4, 0.5) is 0 Å². The number of hydrogen-bond donors (Lipinski definition) is 1. The molecule has 1 aromatic carbocycles. The van der Waals surface area contributed by atoms with Crippen molar-refractivity contribution in [2.75, 3.05) is 19.7 Å². The fourth-order valence-corrected chi connectivity index (χ4v) is 5.76. The van der Waals surface area contributed by atoms with Gasteiger partial charge in [0.25, 0.3) is 0 Å². The zero-order chi connectivity index (χ0) is 21.4. The van der Waals surface area contributed by atoms with Crippen LogP contribution in [-0.2, 0) is 26.0 Å². The lowest BCUT2D eigenvalue weighted by Crippen LogP contribution is -2.33. The minimum absolute atomic E-state index is 0.0381. The van der Waals surface area contributed by atoms with Crippen molar-refractivity contribution in [3.8, 4) is 0 Å². The predicted molar refractivity (Wildman–Crippen MR) is 118 cm³/mol. The summed E-state index contributed by atoms with van der Waals surface area (Å²) in [5, 5.41) is 3.06. The van der Waals surface area contributed by atoms with Crippen LogP contribution in [0.15, 0.2) is 29.2 Å². The number of amides is 1. The number of rotatable bonds is 9. The first-order valence-electron chi connectivity index (χ1n) is 11.5. The van der Waals surface area contributed by atoms with Crippen LogP contribution in [0.25, 0.3) is 0 Å². The molecule has 2 heterocycles. The Morgan fingerprint density at radius 1 is 1.13 bits per heavy atom. The van der Waals surface area contributed by atoms with Crippen LogP contribution in [0.3, 0.4) is 0 Å². The summed E-state index contributed by atoms with van der Waals surface area (Å²) in [6.07, 6.45) is 9.61. The number of sulfonamides is 1. The molecule has 1 N–H and O–H groups in total. The lowest BCUT2D eigenvalue weighted by atomic mass is 10.1. The van der Waals surface area contributed by atoms with Crippen LogP contribution < -0.4 is 5.32 Å². The lowest BCUT2D eigenvalue weighted by Gasteiger charge is -2.20. The number of ether oxygens (including phenoxy) is 1. The van der Waals surface area contributed by atoms with Gasteiger partial charge in [0.05, 0.1) is 11.0 Å². The molecule has 2 fully saturated rings. The van der Waals surface area contributed by atoms with Gasteiger partial charge in [-0.1, -0.05) is 25.0 Å². The van der Waals surface area contributed by atoms with Gasteiger partial charge in [-0.25, -0.2) is 8.42 Å². The summed E-state index contributed by atoms with van der Waals surface area (Å²) in [5.74, 6) is 0.0381. The van der Waals surface area contributed by atoms with Crippen molar-refractivity contribution in [3.63, 3.8) is 0 Å². The molecule has 2 atom stereocenters. The summed E-state index contributed by atoms with van der Waals surface area (Å²) in [5.41, 5.74) is 0.979. The van der Waals surface area contributed by atoms with Gasteiger partial charge < -0.3 is 10.1 Å². The topological polar surface area (TPSA) is 75.7 Å². The molecular formula is C23H36N2O4S. The van der Waals surface area contributed by atoms with Gasteiger partial charge in [-0.3, -0.25) is 4.79 Å². The Kier molecular flexibility index (Phi) is 8.72. The van der Waals surface area contributed by atoms with Gasteiger partial charge in [0, 0.05) is 32.2 Å². The molecular weight excluding hydrogens is 400 g/mol. The first-order valence-corrected chi connectivity index (χ1v) is 12.9. The minimum Gasteiger partial charge on any atom is -0.378 e. The van der Waals surface area contributed by atoms with Gasteiger partial charge in [0.2, 0.25) is 15.9 Å². The smallest absolute Gasteiger partial charge is 0.243 e. The summed E-state index contributed by atoms with van der Waals surface area (Å²) < 4.78 is 32.9. The van der Waals surface area contributed by atoms with Gasteiger partial charge in [-0.2, -0.15) is 4.31 Å². The highest BCUT2D eigenvalue weighted by atomic mass is 32.2. The molecule has 0 bridgehead atoms. The predicted octanol–water partition coefficient (Wildman–Crippen LogP) is 3.65. The Labute approximate surface area is 181 Å². The molecule has 1 amide bonds. The second kappa shape index (κ2) is 11.3. The first-order chi connectivity index (χ1) is 14.4. The Bertz CT molecular complexity index is 765. The van der Waals surface area contributed by atoms with Crippen molar-refractivity contribution in [1.29, 1.82) is 0 Å². The molecule has 7 heteroatoms. The van der Waals surface area contributed by atoms with Crippen molar-refractivity contribution in [3.05, 3.63) is 29.8 Å². The molecule has 2 saturated heterocycles. The van der Waals surface area contributed by atoms with Crippen LogP contribution in [0.1, 0.15) is 70.3 Å². The van der Waals surface area contributed by atoms with E-state index < -0.39 is 10.0 Å². The summed E-state index contributed by atoms with van der Waals surface area (Å²) in [6, 6.07) is 7.16. The van der Waals surface area contributed by atoms with Gasteiger partial charge in [-0.05, 0) is 69.6 Å². The molecule has 0 radical (unpaired) electrons. The zero-order valence-electron chi connectivity index (χ0n) is 18.1. The van der Waals surface area contributed by atoms with Crippen LogP contribution >= 0.6 is 0 Å². The molecule has 6 nitrogen and oxygen atoms in total. The average Bonchev–Trinajstić information content (AvgIpc) is 3.10. The second-order valence-electron chi connectivity index (χ2n) is 8.64. The van der Waals surface area contributed by atoms with E-state index in [1.165, 1.54) is 0 Å². The number of hydrogen-bond acceptors (Lipinski definition) is 4. The van der Waals surface area contributed by atoms with E-state index in [0.717, 1.165) is 63.5 Å². The normalized spacial score (nSPS) is 21.8. The van der Waals surface area contributed by atoms with E-state index in [4.69, 9.17) is 4.74 Å². The number of carbonyl (C=O) groups excluding carboxylic acids is 1. The molecule has 1 aromatic rings. The first kappa shape index (κ1) is 23.2. The molecule has 0 spiro atoms. The van der Waals surface area contributed by atoms with Crippen LogP contribution in [0.2, 0.25) is 0 Å². The van der Waals surface area contributed by atoms with Crippen LogP contribution in [0.5, 0.6) is 0 Å². The van der Waals surface area contributed by atoms with Gasteiger partial charge in [-0.15, -0.1) is 0 Å². The maximum Gasteiger partial charge on any atom is 0.243 e. The van der Waals surface area contributed by atoms with E-state index >= 15 is 0 Å². The molecule has 0 aliphatic carbocycles. The molecule has 3 rings (SSSR count). The van der Waals surface area contributed by atoms with E-state index in [1.54, 1.807) is 16.4 Å². The highest BCUT2D eigenvalue weighted by Gasteiger charge is 2.25. The quantitative estimate of drug-likeness (QED) is 0.641.